The van der Waals surface area contributed by atoms with Gasteiger partial charge in [-0.15, -0.1) is 0 Å². The topological polar surface area (TPSA) is 103 Å². The van der Waals surface area contributed by atoms with E-state index >= 15 is 0 Å². The van der Waals surface area contributed by atoms with Gasteiger partial charge >= 0.3 is 0 Å². The van der Waals surface area contributed by atoms with E-state index in [9.17, 15) is 31.5 Å². The molecule has 2 bridgehead atoms. The summed E-state index contributed by atoms with van der Waals surface area (Å²) in [4.78, 5) is 29.7. The van der Waals surface area contributed by atoms with Gasteiger partial charge in [-0.1, -0.05) is 12.1 Å². The van der Waals surface area contributed by atoms with Crippen LogP contribution in [0, 0.1) is 17.5 Å². The maximum atomic E-state index is 14.2. The van der Waals surface area contributed by atoms with E-state index < -0.39 is 41.7 Å². The molecule has 3 atom stereocenters. The second-order valence-electron chi connectivity index (χ2n) is 10.9. The van der Waals surface area contributed by atoms with Gasteiger partial charge in [0.2, 0.25) is 5.91 Å². The minimum absolute atomic E-state index is 0.00788. The normalized spacial score (nSPS) is 17.7. The van der Waals surface area contributed by atoms with Crippen LogP contribution in [0.25, 0.3) is 11.1 Å². The van der Waals surface area contributed by atoms with Gasteiger partial charge in [-0.2, -0.15) is 5.10 Å². The molecular weight excluding hydrogens is 569 g/mol. The van der Waals surface area contributed by atoms with E-state index in [0.29, 0.717) is 22.4 Å². The van der Waals surface area contributed by atoms with E-state index in [-0.39, 0.29) is 47.3 Å². The van der Waals surface area contributed by atoms with Crippen LogP contribution in [-0.4, -0.2) is 26.6 Å². The number of amides is 2. The highest BCUT2D eigenvalue weighted by Crippen LogP contribution is 2.55. The predicted octanol–water partition coefficient (Wildman–Crippen LogP) is 5.86. The van der Waals surface area contributed by atoms with Crippen LogP contribution in [0.3, 0.4) is 0 Å². The van der Waals surface area contributed by atoms with Gasteiger partial charge in [0.15, 0.2) is 0 Å². The number of pyridine rings is 1. The Labute approximate surface area is 242 Å². The summed E-state index contributed by atoms with van der Waals surface area (Å²) in [6, 6.07) is 8.98. The number of nitrogens with two attached hydrogens (primary N) is 1. The second-order valence-corrected chi connectivity index (χ2v) is 10.9. The maximum absolute atomic E-state index is 14.2. The Morgan fingerprint density at radius 1 is 1.00 bits per heavy atom. The first-order valence-electron chi connectivity index (χ1n) is 13.8. The van der Waals surface area contributed by atoms with Crippen molar-refractivity contribution in [2.24, 2.45) is 5.73 Å². The van der Waals surface area contributed by atoms with Crippen LogP contribution in [0.1, 0.15) is 82.1 Å². The van der Waals surface area contributed by atoms with Crippen molar-refractivity contribution in [1.82, 2.24) is 20.1 Å². The molecule has 43 heavy (non-hydrogen) atoms. The third kappa shape index (κ3) is 5.49. The van der Waals surface area contributed by atoms with E-state index in [0.717, 1.165) is 43.5 Å². The molecule has 12 heteroatoms. The minimum atomic E-state index is -2.77. The van der Waals surface area contributed by atoms with Gasteiger partial charge in [0.05, 0.1) is 17.3 Å². The number of primary amides is 1. The molecule has 1 fully saturated rings. The Morgan fingerprint density at radius 3 is 2.47 bits per heavy atom. The van der Waals surface area contributed by atoms with Gasteiger partial charge in [-0.25, -0.2) is 22.0 Å². The summed E-state index contributed by atoms with van der Waals surface area (Å²) in [7, 11) is 0. The van der Waals surface area contributed by atoms with Gasteiger partial charge < -0.3 is 11.1 Å². The van der Waals surface area contributed by atoms with Crippen LogP contribution in [0.15, 0.2) is 54.7 Å². The first kappa shape index (κ1) is 28.5. The Balaban J connectivity index is 1.36. The molecule has 0 aliphatic heterocycles. The molecule has 2 aliphatic carbocycles. The molecule has 0 radical (unpaired) electrons. The molecule has 3 N–H and O–H groups in total. The van der Waals surface area contributed by atoms with Crippen molar-refractivity contribution in [1.29, 1.82) is 0 Å². The molecule has 0 saturated heterocycles. The largest absolute Gasteiger partial charge is 0.366 e. The molecule has 0 spiro atoms. The van der Waals surface area contributed by atoms with Crippen molar-refractivity contribution >= 4 is 11.8 Å². The quantitative estimate of drug-likeness (QED) is 0.237. The van der Waals surface area contributed by atoms with Gasteiger partial charge in [0, 0.05) is 35.0 Å². The minimum Gasteiger partial charge on any atom is -0.366 e. The maximum Gasteiger partial charge on any atom is 0.282 e. The number of benzene rings is 2. The molecular formula is C31H26F5N5O2. The van der Waals surface area contributed by atoms with Crippen molar-refractivity contribution in [3.63, 3.8) is 0 Å². The molecule has 2 heterocycles. The Hall–Kier alpha value is -4.61. The highest BCUT2D eigenvalue weighted by Gasteiger charge is 2.44. The average Bonchev–Trinajstić information content (AvgIpc) is 3.66. The SMILES string of the molecule is NC(=O)c1cc(-c2cccnc2C(Cc2cc(F)cc(F)c2)NC(=O)Cn2nc(C(F)F)c3c2C2CCC3C2)ccc1F. The molecule has 2 aromatic heterocycles. The summed E-state index contributed by atoms with van der Waals surface area (Å²) < 4.78 is 71.5. The number of halogens is 5. The lowest BCUT2D eigenvalue weighted by atomic mass is 9.94. The zero-order chi connectivity index (χ0) is 30.4. The lowest BCUT2D eigenvalue weighted by molar-refractivity contribution is -0.122. The van der Waals surface area contributed by atoms with Gasteiger partial charge in [-0.05, 0) is 73.1 Å². The molecule has 4 aromatic rings. The smallest absolute Gasteiger partial charge is 0.282 e. The third-order valence-electron chi connectivity index (χ3n) is 8.19. The number of carbonyl (C=O) groups is 2. The Kier molecular flexibility index (Phi) is 7.45. The van der Waals surface area contributed by atoms with E-state index in [1.54, 1.807) is 12.1 Å². The van der Waals surface area contributed by atoms with Gasteiger partial charge in [-0.3, -0.25) is 19.3 Å². The standard InChI is InChI=1S/C31H26F5N5O2/c32-19-8-15(9-20(33)13-19)10-24(27-21(2-1-7-38-27)16-5-6-23(34)22(12-16)31(37)43)39-25(42)14-41-29-18-4-3-17(11-18)26(29)28(40-41)30(35)36/h1-2,5-9,12-13,17-18,24,30H,3-4,10-11,14H2,(H2,37,43)(H,39,42). The fourth-order valence-electron chi connectivity index (χ4n) is 6.51. The van der Waals surface area contributed by atoms with Gasteiger partial charge in [0.25, 0.3) is 12.3 Å². The number of hydrogen-bond donors (Lipinski definition) is 2. The fourth-order valence-corrected chi connectivity index (χ4v) is 6.51. The second kappa shape index (κ2) is 11.2. The van der Waals surface area contributed by atoms with Gasteiger partial charge in [0.1, 0.15) is 29.7 Å². The highest BCUT2D eigenvalue weighted by molar-refractivity contribution is 5.94. The monoisotopic (exact) mass is 595 g/mol. The van der Waals surface area contributed by atoms with E-state index in [1.807, 2.05) is 0 Å². The highest BCUT2D eigenvalue weighted by atomic mass is 19.3. The lowest BCUT2D eigenvalue weighted by Crippen LogP contribution is -2.34. The van der Waals surface area contributed by atoms with E-state index in [4.69, 9.17) is 5.73 Å². The van der Waals surface area contributed by atoms with Crippen LogP contribution in [0.5, 0.6) is 0 Å². The van der Waals surface area contributed by atoms with Crippen LogP contribution >= 0.6 is 0 Å². The molecule has 2 aromatic carbocycles. The van der Waals surface area contributed by atoms with Crippen LogP contribution in [-0.2, 0) is 17.8 Å². The van der Waals surface area contributed by atoms with Crippen LogP contribution in [0.4, 0.5) is 22.0 Å². The Morgan fingerprint density at radius 2 is 1.74 bits per heavy atom. The Bertz CT molecular complexity index is 1720. The molecule has 1 saturated carbocycles. The van der Waals surface area contributed by atoms with Crippen LogP contribution < -0.4 is 11.1 Å². The number of rotatable bonds is 9. The lowest BCUT2D eigenvalue weighted by Gasteiger charge is -2.22. The number of hydrogen-bond acceptors (Lipinski definition) is 4. The van der Waals surface area contributed by atoms with E-state index in [2.05, 4.69) is 15.4 Å². The number of carbonyl (C=O) groups excluding carboxylic acids is 2. The summed E-state index contributed by atoms with van der Waals surface area (Å²) >= 11 is 0. The van der Waals surface area contributed by atoms with E-state index in [1.165, 1.54) is 23.0 Å². The van der Waals surface area contributed by atoms with Crippen molar-refractivity contribution < 1.29 is 31.5 Å². The number of aromatic nitrogens is 3. The van der Waals surface area contributed by atoms with Crippen LogP contribution in [0.2, 0.25) is 0 Å². The number of nitrogens with zero attached hydrogens (tertiary/aromatic N) is 3. The zero-order valence-electron chi connectivity index (χ0n) is 22.7. The number of nitrogens with one attached hydrogen (secondary N) is 1. The molecule has 6 rings (SSSR count). The molecule has 7 nitrogen and oxygen atoms in total. The average molecular weight is 596 g/mol. The number of fused-ring (bicyclic) bond motifs is 5. The summed E-state index contributed by atoms with van der Waals surface area (Å²) in [6.07, 6.45) is 0.983. The summed E-state index contributed by atoms with van der Waals surface area (Å²) in [5.74, 6) is -3.93. The molecule has 3 unspecified atom stereocenters. The fraction of sp³-hybridized carbons (Fsp3) is 0.290. The number of alkyl halides is 2. The summed E-state index contributed by atoms with van der Waals surface area (Å²) in [6.45, 7) is -0.350. The molecule has 2 amide bonds. The predicted molar refractivity (Wildman–Crippen MR) is 146 cm³/mol. The summed E-state index contributed by atoms with van der Waals surface area (Å²) in [5.41, 5.74) is 7.14. The van der Waals surface area contributed by atoms with Crippen molar-refractivity contribution in [2.75, 3.05) is 0 Å². The molecule has 222 valence electrons. The third-order valence-corrected chi connectivity index (χ3v) is 8.19. The first-order valence-corrected chi connectivity index (χ1v) is 13.8. The first-order chi connectivity index (χ1) is 20.6. The van der Waals surface area contributed by atoms with Crippen molar-refractivity contribution in [3.8, 4) is 11.1 Å². The zero-order valence-corrected chi connectivity index (χ0v) is 22.7. The molecule has 2 aliphatic rings. The van der Waals surface area contributed by atoms with Crippen molar-refractivity contribution in [2.45, 2.75) is 56.5 Å². The summed E-state index contributed by atoms with van der Waals surface area (Å²) in [5, 5.41) is 6.95. The van der Waals surface area contributed by atoms with Crippen molar-refractivity contribution in [3.05, 3.63) is 106 Å².